The van der Waals surface area contributed by atoms with Crippen molar-refractivity contribution in [1.29, 1.82) is 0 Å². The van der Waals surface area contributed by atoms with Gasteiger partial charge in [0, 0.05) is 23.4 Å². The molecule has 3 aromatic rings. The molecule has 1 amide bonds. The number of ether oxygens (including phenoxy) is 1. The highest BCUT2D eigenvalue weighted by Crippen LogP contribution is 2.29. The number of rotatable bonds is 5. The first kappa shape index (κ1) is 20.0. The van der Waals surface area contributed by atoms with E-state index in [1.54, 1.807) is 49.8 Å². The Morgan fingerprint density at radius 3 is 2.84 bits per heavy atom. The molecule has 1 aliphatic heterocycles. The van der Waals surface area contributed by atoms with Gasteiger partial charge in [-0.3, -0.25) is 4.90 Å². The van der Waals surface area contributed by atoms with Crippen LogP contribution >= 0.6 is 0 Å². The van der Waals surface area contributed by atoms with Crippen molar-refractivity contribution in [1.82, 2.24) is 25.3 Å². The van der Waals surface area contributed by atoms with Gasteiger partial charge >= 0.3 is 6.09 Å². The van der Waals surface area contributed by atoms with Gasteiger partial charge in [-0.25, -0.2) is 14.2 Å². The van der Waals surface area contributed by atoms with E-state index in [-0.39, 0.29) is 6.54 Å². The fourth-order valence-electron chi connectivity index (χ4n) is 3.14. The number of carbonyl (C=O) groups excluding carboxylic acids is 1. The summed E-state index contributed by atoms with van der Waals surface area (Å²) in [7, 11) is 0. The highest BCUT2D eigenvalue weighted by Gasteiger charge is 2.32. The number of halogens is 1. The number of aliphatic imine (C=N–C) groups is 1. The third-order valence-corrected chi connectivity index (χ3v) is 4.64. The molecule has 0 radical (unpaired) electrons. The summed E-state index contributed by atoms with van der Waals surface area (Å²) >= 11 is 0. The van der Waals surface area contributed by atoms with E-state index in [2.05, 4.69) is 31.5 Å². The smallest absolute Gasteiger partial charge is 0.414 e. The Labute approximate surface area is 177 Å². The van der Waals surface area contributed by atoms with E-state index in [9.17, 15) is 9.18 Å². The van der Waals surface area contributed by atoms with E-state index in [1.807, 2.05) is 0 Å². The Bertz CT molecular complexity index is 1150. The summed E-state index contributed by atoms with van der Waals surface area (Å²) in [6.07, 6.45) is 8.80. The van der Waals surface area contributed by atoms with Crippen molar-refractivity contribution in [2.45, 2.75) is 13.0 Å². The van der Waals surface area contributed by atoms with Gasteiger partial charge in [-0.2, -0.15) is 15.2 Å². The van der Waals surface area contributed by atoms with Crippen LogP contribution in [0.25, 0.3) is 16.9 Å². The van der Waals surface area contributed by atoms with Crippen LogP contribution in [-0.4, -0.2) is 51.1 Å². The molecule has 1 aliphatic rings. The van der Waals surface area contributed by atoms with Gasteiger partial charge in [-0.05, 0) is 37.3 Å². The summed E-state index contributed by atoms with van der Waals surface area (Å²) < 4.78 is 20.2. The number of anilines is 1. The van der Waals surface area contributed by atoms with Crippen LogP contribution in [0.5, 0.6) is 0 Å². The van der Waals surface area contributed by atoms with Crippen molar-refractivity contribution in [3.63, 3.8) is 0 Å². The van der Waals surface area contributed by atoms with Crippen molar-refractivity contribution < 1.29 is 13.9 Å². The number of nitrogens with zero attached hydrogens (tertiary/aromatic N) is 6. The van der Waals surface area contributed by atoms with E-state index < -0.39 is 18.0 Å². The molecule has 1 atom stereocenters. The molecular weight excluding hydrogens is 401 g/mol. The predicted octanol–water partition coefficient (Wildman–Crippen LogP) is 2.39. The first-order valence-corrected chi connectivity index (χ1v) is 9.39. The number of carbonyl (C=O) groups is 1. The fraction of sp³-hybridized carbons (Fsp3) is 0.190. The van der Waals surface area contributed by atoms with Crippen molar-refractivity contribution in [3.8, 4) is 29.4 Å². The SMILES string of the molecule is C#CN=C(C)NC[C@H]1CN(c2ccc(-c3ccc(-n4nccn4)nc3)c(F)c2)C(=O)O1. The number of terminal acetylenes is 1. The van der Waals surface area contributed by atoms with E-state index >= 15 is 0 Å². The van der Waals surface area contributed by atoms with Crippen LogP contribution in [0.2, 0.25) is 0 Å². The van der Waals surface area contributed by atoms with Gasteiger partial charge in [0.25, 0.3) is 0 Å². The number of hydrogen-bond donors (Lipinski definition) is 1. The maximum Gasteiger partial charge on any atom is 0.414 e. The van der Waals surface area contributed by atoms with Crippen molar-refractivity contribution >= 4 is 17.6 Å². The van der Waals surface area contributed by atoms with Crippen LogP contribution in [0, 0.1) is 18.3 Å². The molecule has 1 saturated heterocycles. The van der Waals surface area contributed by atoms with Crippen LogP contribution in [0.3, 0.4) is 0 Å². The Kier molecular flexibility index (Phi) is 5.57. The molecule has 4 rings (SSSR count). The third kappa shape index (κ3) is 4.35. The minimum absolute atomic E-state index is 0.279. The maximum absolute atomic E-state index is 14.8. The van der Waals surface area contributed by atoms with Crippen LogP contribution in [0.4, 0.5) is 14.9 Å². The molecule has 31 heavy (non-hydrogen) atoms. The van der Waals surface area contributed by atoms with E-state index in [0.29, 0.717) is 35.0 Å². The standard InChI is InChI=1S/C21H18FN7O2/c1-3-23-14(2)24-12-17-13-28(21(30)31-17)16-5-6-18(19(22)10-16)15-4-7-20(25-11-15)29-26-8-9-27-29/h1,4-11,17H,12-13H2,2H3,(H,23,24)/t17-/m0/s1. The summed E-state index contributed by atoms with van der Waals surface area (Å²) in [5.74, 6) is 0.596. The topological polar surface area (TPSA) is 97.5 Å². The van der Waals surface area contributed by atoms with Gasteiger partial charge in [0.1, 0.15) is 17.8 Å². The van der Waals surface area contributed by atoms with Crippen molar-refractivity contribution in [2.24, 2.45) is 4.99 Å². The number of amides is 1. The summed E-state index contributed by atoms with van der Waals surface area (Å²) in [5, 5.41) is 11.0. The lowest BCUT2D eigenvalue weighted by Crippen LogP contribution is -2.33. The Balaban J connectivity index is 1.47. The molecule has 0 saturated carbocycles. The lowest BCUT2D eigenvalue weighted by Gasteiger charge is -2.14. The van der Waals surface area contributed by atoms with Gasteiger partial charge in [0.15, 0.2) is 5.82 Å². The Morgan fingerprint density at radius 2 is 2.16 bits per heavy atom. The number of benzene rings is 1. The second-order valence-corrected chi connectivity index (χ2v) is 6.71. The largest absolute Gasteiger partial charge is 0.442 e. The highest BCUT2D eigenvalue weighted by molar-refractivity contribution is 5.90. The minimum atomic E-state index is -0.539. The minimum Gasteiger partial charge on any atom is -0.442 e. The van der Waals surface area contributed by atoms with Crippen molar-refractivity contribution in [3.05, 3.63) is 54.7 Å². The number of cyclic esters (lactones) is 1. The molecular formula is C21H18FN7O2. The molecule has 3 heterocycles. The third-order valence-electron chi connectivity index (χ3n) is 4.64. The maximum atomic E-state index is 14.8. The summed E-state index contributed by atoms with van der Waals surface area (Å²) in [4.78, 5) is 23.0. The molecule has 0 aliphatic carbocycles. The van der Waals surface area contributed by atoms with Gasteiger partial charge in [-0.1, -0.05) is 6.42 Å². The number of nitrogens with one attached hydrogen (secondary N) is 1. The van der Waals surface area contributed by atoms with Crippen LogP contribution < -0.4 is 10.2 Å². The normalized spacial score (nSPS) is 16.2. The van der Waals surface area contributed by atoms with Gasteiger partial charge in [0.05, 0.1) is 31.2 Å². The van der Waals surface area contributed by atoms with Crippen LogP contribution in [0.1, 0.15) is 6.92 Å². The fourth-order valence-corrected chi connectivity index (χ4v) is 3.14. The lowest BCUT2D eigenvalue weighted by atomic mass is 10.1. The molecule has 0 unspecified atom stereocenters. The number of pyridine rings is 1. The van der Waals surface area contributed by atoms with Crippen molar-refractivity contribution in [2.75, 3.05) is 18.0 Å². The number of amidine groups is 1. The zero-order valence-corrected chi connectivity index (χ0v) is 16.6. The monoisotopic (exact) mass is 419 g/mol. The first-order chi connectivity index (χ1) is 15.0. The summed E-state index contributed by atoms with van der Waals surface area (Å²) in [6.45, 7) is 2.35. The second kappa shape index (κ2) is 8.62. The predicted molar refractivity (Wildman–Crippen MR) is 112 cm³/mol. The van der Waals surface area contributed by atoms with Gasteiger partial charge < -0.3 is 10.1 Å². The zero-order chi connectivity index (χ0) is 21.8. The lowest BCUT2D eigenvalue weighted by molar-refractivity contribution is 0.143. The molecule has 1 fully saturated rings. The molecule has 1 aromatic carbocycles. The second-order valence-electron chi connectivity index (χ2n) is 6.71. The first-order valence-electron chi connectivity index (χ1n) is 9.39. The van der Waals surface area contributed by atoms with Gasteiger partial charge in [-0.15, -0.1) is 4.80 Å². The average molecular weight is 419 g/mol. The average Bonchev–Trinajstić information content (AvgIpc) is 3.43. The number of aromatic nitrogens is 4. The van der Waals surface area contributed by atoms with E-state index in [0.717, 1.165) is 0 Å². The van der Waals surface area contributed by atoms with E-state index in [1.165, 1.54) is 15.8 Å². The molecule has 1 N–H and O–H groups in total. The Morgan fingerprint density at radius 1 is 1.35 bits per heavy atom. The molecule has 10 heteroatoms. The molecule has 2 aromatic heterocycles. The zero-order valence-electron chi connectivity index (χ0n) is 16.6. The Hall–Kier alpha value is -4.26. The molecule has 156 valence electrons. The summed E-state index contributed by atoms with van der Waals surface area (Å²) in [6, 6.07) is 10.2. The number of hydrogen-bond acceptors (Lipinski definition) is 6. The molecule has 0 bridgehead atoms. The quantitative estimate of drug-likeness (QED) is 0.388. The van der Waals surface area contributed by atoms with E-state index in [4.69, 9.17) is 11.2 Å². The molecule has 0 spiro atoms. The van der Waals surface area contributed by atoms with Gasteiger partial charge in [0.2, 0.25) is 0 Å². The molecule has 9 nitrogen and oxygen atoms in total. The van der Waals surface area contributed by atoms with Crippen LogP contribution in [-0.2, 0) is 4.74 Å². The highest BCUT2D eigenvalue weighted by atomic mass is 19.1. The summed E-state index contributed by atoms with van der Waals surface area (Å²) in [5.41, 5.74) is 1.37. The van der Waals surface area contributed by atoms with Crippen LogP contribution in [0.15, 0.2) is 53.9 Å².